The van der Waals surface area contributed by atoms with Crippen LogP contribution in [0, 0.1) is 13.8 Å². The van der Waals surface area contributed by atoms with E-state index in [9.17, 15) is 0 Å². The van der Waals surface area contributed by atoms with E-state index < -0.39 is 0 Å². The standard InChI is InChI=1S/C12H18.C2H6/c1-4-5-6-12-8-7-10(2)11(3)9-12;1-2/h7-9H,4-6H2,1-3H3;1-2H3. The molecule has 0 radical (unpaired) electrons. The van der Waals surface area contributed by atoms with Gasteiger partial charge in [0.15, 0.2) is 0 Å². The lowest BCUT2D eigenvalue weighted by Crippen LogP contribution is -1.87. The summed E-state index contributed by atoms with van der Waals surface area (Å²) in [6, 6.07) is 6.78. The molecule has 0 aliphatic rings. The molecule has 0 aliphatic carbocycles. The molecule has 80 valence electrons. The van der Waals surface area contributed by atoms with E-state index >= 15 is 0 Å². The summed E-state index contributed by atoms with van der Waals surface area (Å²) in [6.45, 7) is 10.6. The first-order valence-electron chi connectivity index (χ1n) is 5.80. The predicted octanol–water partition coefficient (Wildman–Crippen LogP) is 4.67. The molecule has 0 nitrogen and oxygen atoms in total. The van der Waals surface area contributed by atoms with Crippen molar-refractivity contribution in [3.8, 4) is 0 Å². The van der Waals surface area contributed by atoms with Gasteiger partial charge in [0.1, 0.15) is 0 Å². The van der Waals surface area contributed by atoms with Crippen LogP contribution in [-0.4, -0.2) is 0 Å². The number of rotatable bonds is 3. The monoisotopic (exact) mass is 192 g/mol. The molecule has 0 unspecified atom stereocenters. The van der Waals surface area contributed by atoms with E-state index in [1.54, 1.807) is 0 Å². The van der Waals surface area contributed by atoms with Crippen molar-refractivity contribution in [1.82, 2.24) is 0 Å². The zero-order valence-corrected chi connectivity index (χ0v) is 10.4. The van der Waals surface area contributed by atoms with Gasteiger partial charge in [-0.05, 0) is 43.4 Å². The number of benzene rings is 1. The number of unbranched alkanes of at least 4 members (excludes halogenated alkanes) is 1. The summed E-state index contributed by atoms with van der Waals surface area (Å²) in [4.78, 5) is 0. The van der Waals surface area contributed by atoms with Crippen molar-refractivity contribution in [3.05, 3.63) is 34.9 Å². The third kappa shape index (κ3) is 4.45. The first-order valence-corrected chi connectivity index (χ1v) is 5.80. The minimum atomic E-state index is 1.23. The molecule has 0 atom stereocenters. The van der Waals surface area contributed by atoms with Crippen LogP contribution in [0.4, 0.5) is 0 Å². The van der Waals surface area contributed by atoms with E-state index in [2.05, 4.69) is 39.0 Å². The molecule has 0 saturated carbocycles. The lowest BCUT2D eigenvalue weighted by molar-refractivity contribution is 0.794. The van der Waals surface area contributed by atoms with E-state index in [-0.39, 0.29) is 0 Å². The first kappa shape index (κ1) is 13.2. The summed E-state index contributed by atoms with van der Waals surface area (Å²) in [5, 5.41) is 0. The van der Waals surface area contributed by atoms with Crippen LogP contribution in [0.2, 0.25) is 0 Å². The molecule has 14 heavy (non-hydrogen) atoms. The van der Waals surface area contributed by atoms with Gasteiger partial charge >= 0.3 is 0 Å². The number of hydrogen-bond acceptors (Lipinski definition) is 0. The fourth-order valence-electron chi connectivity index (χ4n) is 1.34. The molecule has 1 aromatic rings. The largest absolute Gasteiger partial charge is 0.0683 e. The van der Waals surface area contributed by atoms with E-state index in [0.29, 0.717) is 0 Å². The second-order valence-electron chi connectivity index (χ2n) is 3.52. The molecule has 0 aromatic heterocycles. The fourth-order valence-corrected chi connectivity index (χ4v) is 1.34. The van der Waals surface area contributed by atoms with Gasteiger partial charge in [0.25, 0.3) is 0 Å². The lowest BCUT2D eigenvalue weighted by atomic mass is 10.0. The Hall–Kier alpha value is -0.780. The Morgan fingerprint density at radius 2 is 1.64 bits per heavy atom. The minimum absolute atomic E-state index is 1.23. The van der Waals surface area contributed by atoms with Gasteiger partial charge in [-0.25, -0.2) is 0 Å². The van der Waals surface area contributed by atoms with Gasteiger partial charge in [-0.2, -0.15) is 0 Å². The first-order chi connectivity index (χ1) is 6.74. The van der Waals surface area contributed by atoms with Crippen LogP contribution in [-0.2, 0) is 6.42 Å². The van der Waals surface area contributed by atoms with Crippen LogP contribution < -0.4 is 0 Å². The zero-order valence-electron chi connectivity index (χ0n) is 10.4. The Morgan fingerprint density at radius 1 is 1.00 bits per heavy atom. The maximum atomic E-state index is 2.31. The average molecular weight is 192 g/mol. The Bertz CT molecular complexity index is 248. The molecule has 0 N–H and O–H groups in total. The molecule has 0 aliphatic heterocycles. The van der Waals surface area contributed by atoms with Crippen molar-refractivity contribution in [3.63, 3.8) is 0 Å². The third-order valence-corrected chi connectivity index (χ3v) is 2.39. The summed E-state index contributed by atoms with van der Waals surface area (Å²) >= 11 is 0. The summed E-state index contributed by atoms with van der Waals surface area (Å²) in [6.07, 6.45) is 3.83. The van der Waals surface area contributed by atoms with Gasteiger partial charge in [-0.15, -0.1) is 0 Å². The Balaban J connectivity index is 0.000000791. The highest BCUT2D eigenvalue weighted by molar-refractivity contribution is 5.29. The number of aryl methyl sites for hydroxylation is 3. The third-order valence-electron chi connectivity index (χ3n) is 2.39. The van der Waals surface area contributed by atoms with Gasteiger partial charge in [-0.1, -0.05) is 45.4 Å². The Labute approximate surface area is 89.4 Å². The molecule has 0 spiro atoms. The van der Waals surface area contributed by atoms with Crippen LogP contribution in [0.25, 0.3) is 0 Å². The van der Waals surface area contributed by atoms with E-state index in [1.165, 1.54) is 36.0 Å². The number of hydrogen-bond donors (Lipinski definition) is 0. The highest BCUT2D eigenvalue weighted by Gasteiger charge is 1.95. The molecular weight excluding hydrogens is 168 g/mol. The molecule has 0 heterocycles. The van der Waals surface area contributed by atoms with E-state index in [1.807, 2.05) is 13.8 Å². The van der Waals surface area contributed by atoms with Crippen molar-refractivity contribution in [1.29, 1.82) is 0 Å². The normalized spacial score (nSPS) is 9.21. The minimum Gasteiger partial charge on any atom is -0.0683 e. The van der Waals surface area contributed by atoms with E-state index in [0.717, 1.165) is 0 Å². The highest BCUT2D eigenvalue weighted by Crippen LogP contribution is 2.11. The predicted molar refractivity (Wildman–Crippen MR) is 65.9 cm³/mol. The summed E-state index contributed by atoms with van der Waals surface area (Å²) in [5.41, 5.74) is 4.30. The van der Waals surface area contributed by atoms with E-state index in [4.69, 9.17) is 0 Å². The van der Waals surface area contributed by atoms with Crippen LogP contribution in [0.15, 0.2) is 18.2 Å². The van der Waals surface area contributed by atoms with Gasteiger partial charge in [-0.3, -0.25) is 0 Å². The molecule has 0 fully saturated rings. The highest BCUT2D eigenvalue weighted by atomic mass is 14.0. The maximum Gasteiger partial charge on any atom is -0.0279 e. The molecule has 0 saturated heterocycles. The summed E-state index contributed by atoms with van der Waals surface area (Å²) in [5.74, 6) is 0. The van der Waals surface area contributed by atoms with Gasteiger partial charge in [0, 0.05) is 0 Å². The van der Waals surface area contributed by atoms with Gasteiger partial charge in [0.2, 0.25) is 0 Å². The van der Waals surface area contributed by atoms with Crippen LogP contribution in [0.5, 0.6) is 0 Å². The Morgan fingerprint density at radius 3 is 2.14 bits per heavy atom. The zero-order chi connectivity index (χ0) is 11.0. The van der Waals surface area contributed by atoms with Gasteiger partial charge in [0.05, 0.1) is 0 Å². The second kappa shape index (κ2) is 7.61. The topological polar surface area (TPSA) is 0 Å². The molecule has 1 aromatic carbocycles. The van der Waals surface area contributed by atoms with Gasteiger partial charge < -0.3 is 0 Å². The second-order valence-corrected chi connectivity index (χ2v) is 3.52. The summed E-state index contributed by atoms with van der Waals surface area (Å²) in [7, 11) is 0. The van der Waals surface area contributed by atoms with Crippen molar-refractivity contribution < 1.29 is 0 Å². The maximum absolute atomic E-state index is 2.31. The summed E-state index contributed by atoms with van der Waals surface area (Å²) < 4.78 is 0. The van der Waals surface area contributed by atoms with Crippen LogP contribution >= 0.6 is 0 Å². The van der Waals surface area contributed by atoms with Crippen molar-refractivity contribution >= 4 is 0 Å². The lowest BCUT2D eigenvalue weighted by Gasteiger charge is -2.03. The van der Waals surface area contributed by atoms with Crippen molar-refractivity contribution in [2.24, 2.45) is 0 Å². The quantitative estimate of drug-likeness (QED) is 0.652. The molecule has 0 heteroatoms. The SMILES string of the molecule is CC.CCCCc1ccc(C)c(C)c1. The molecular formula is C14H24. The fraction of sp³-hybridized carbons (Fsp3) is 0.571. The molecule has 1 rings (SSSR count). The van der Waals surface area contributed by atoms with Crippen molar-refractivity contribution in [2.45, 2.75) is 53.9 Å². The van der Waals surface area contributed by atoms with Crippen LogP contribution in [0.1, 0.15) is 50.3 Å². The Kier molecular flexibility index (Phi) is 7.18. The smallest absolute Gasteiger partial charge is 0.0279 e. The average Bonchev–Trinajstić information content (AvgIpc) is 2.23. The molecule has 0 amide bonds. The van der Waals surface area contributed by atoms with Crippen LogP contribution in [0.3, 0.4) is 0 Å². The molecule has 0 bridgehead atoms. The van der Waals surface area contributed by atoms with Crippen molar-refractivity contribution in [2.75, 3.05) is 0 Å².